The molecule has 0 unspecified atom stereocenters. The van der Waals surface area contributed by atoms with Crippen molar-refractivity contribution in [3.05, 3.63) is 72.2 Å². The summed E-state index contributed by atoms with van der Waals surface area (Å²) in [5.41, 5.74) is 0.434. The van der Waals surface area contributed by atoms with E-state index in [0.29, 0.717) is 5.75 Å². The van der Waals surface area contributed by atoms with Crippen molar-refractivity contribution in [2.75, 3.05) is 5.32 Å². The van der Waals surface area contributed by atoms with Crippen LogP contribution in [0.3, 0.4) is 0 Å². The molecule has 3 rings (SSSR count). The molecule has 3 aromatic rings. The van der Waals surface area contributed by atoms with Crippen molar-refractivity contribution in [2.45, 2.75) is 0 Å². The molecule has 1 amide bonds. The number of carbonyl (C=O) groups is 1. The van der Waals surface area contributed by atoms with Crippen molar-refractivity contribution in [3.63, 3.8) is 0 Å². The number of nitrogens with one attached hydrogen (secondary N) is 1. The second-order valence-electron chi connectivity index (χ2n) is 4.85. The minimum Gasteiger partial charge on any atom is -0.454 e. The molecule has 0 saturated heterocycles. The monoisotopic (exact) mass is 335 g/mol. The third kappa shape index (κ3) is 4.11. The molecule has 0 aliphatic rings. The van der Waals surface area contributed by atoms with Gasteiger partial charge in [0.2, 0.25) is 0 Å². The third-order valence-corrected chi connectivity index (χ3v) is 3.04. The minimum absolute atomic E-state index is 0.188. The highest BCUT2D eigenvalue weighted by Gasteiger charge is 2.11. The average Bonchev–Trinajstić information content (AvgIpc) is 2.64. The second kappa shape index (κ2) is 7.14. The zero-order valence-corrected chi connectivity index (χ0v) is 12.7. The van der Waals surface area contributed by atoms with Gasteiger partial charge in [-0.15, -0.1) is 0 Å². The number of nitrogens with zero attached hydrogens (tertiary/aromatic N) is 4. The van der Waals surface area contributed by atoms with E-state index in [2.05, 4.69) is 20.3 Å². The summed E-state index contributed by atoms with van der Waals surface area (Å²) < 4.78 is 18.4. The number of ether oxygens (including phenoxy) is 1. The Morgan fingerprint density at radius 3 is 2.60 bits per heavy atom. The van der Waals surface area contributed by atoms with Gasteiger partial charge in [-0.1, -0.05) is 0 Å². The first-order valence-electron chi connectivity index (χ1n) is 7.05. The molecule has 0 bridgehead atoms. The molecule has 8 heteroatoms. The molecule has 2 aromatic heterocycles. The summed E-state index contributed by atoms with van der Waals surface area (Å²) in [6, 6.07) is 8.84. The smallest absolute Gasteiger partial charge is 0.256 e. The predicted molar refractivity (Wildman–Crippen MR) is 85.4 cm³/mol. The molecule has 2 heterocycles. The molecule has 25 heavy (non-hydrogen) atoms. The van der Waals surface area contributed by atoms with E-state index in [4.69, 9.17) is 10.00 Å². The van der Waals surface area contributed by atoms with Gasteiger partial charge in [-0.25, -0.2) is 19.3 Å². The van der Waals surface area contributed by atoms with Crippen LogP contribution in [-0.2, 0) is 0 Å². The van der Waals surface area contributed by atoms with Gasteiger partial charge in [0.25, 0.3) is 5.91 Å². The van der Waals surface area contributed by atoms with Gasteiger partial charge in [0.05, 0.1) is 30.2 Å². The fraction of sp³-hybridized carbons (Fsp3) is 0. The highest BCUT2D eigenvalue weighted by Crippen LogP contribution is 2.23. The molecular weight excluding hydrogens is 325 g/mol. The van der Waals surface area contributed by atoms with Crippen LogP contribution in [0.15, 0.2) is 55.2 Å². The quantitative estimate of drug-likeness (QED) is 0.786. The Morgan fingerprint density at radius 2 is 1.92 bits per heavy atom. The van der Waals surface area contributed by atoms with E-state index in [1.807, 2.05) is 6.07 Å². The van der Waals surface area contributed by atoms with Crippen molar-refractivity contribution in [1.29, 1.82) is 5.26 Å². The van der Waals surface area contributed by atoms with Gasteiger partial charge in [0.15, 0.2) is 5.75 Å². The van der Waals surface area contributed by atoms with E-state index >= 15 is 0 Å². The van der Waals surface area contributed by atoms with E-state index < -0.39 is 11.7 Å². The highest BCUT2D eigenvalue weighted by atomic mass is 19.1. The largest absolute Gasteiger partial charge is 0.454 e. The maximum Gasteiger partial charge on any atom is 0.256 e. The van der Waals surface area contributed by atoms with Crippen LogP contribution in [0.1, 0.15) is 15.9 Å². The number of pyridine rings is 1. The van der Waals surface area contributed by atoms with Gasteiger partial charge in [-0.3, -0.25) is 4.79 Å². The van der Waals surface area contributed by atoms with Crippen molar-refractivity contribution in [3.8, 4) is 17.6 Å². The molecule has 1 aromatic carbocycles. The SMILES string of the molecule is N#Cc1cc(Oc2cncnc2)cc(C(=O)Nc2ccc(F)cn2)c1. The number of nitriles is 1. The molecule has 122 valence electrons. The number of carbonyl (C=O) groups excluding carboxylic acids is 1. The number of amides is 1. The van der Waals surface area contributed by atoms with E-state index in [1.165, 1.54) is 49.1 Å². The lowest BCUT2D eigenvalue weighted by Crippen LogP contribution is -2.13. The van der Waals surface area contributed by atoms with Gasteiger partial charge in [0, 0.05) is 5.56 Å². The molecule has 0 fully saturated rings. The molecular formula is C17H10FN5O2. The normalized spacial score (nSPS) is 9.92. The Balaban J connectivity index is 1.85. The average molecular weight is 335 g/mol. The van der Waals surface area contributed by atoms with Gasteiger partial charge >= 0.3 is 0 Å². The first kappa shape index (κ1) is 16.0. The van der Waals surface area contributed by atoms with Crippen LogP contribution >= 0.6 is 0 Å². The summed E-state index contributed by atoms with van der Waals surface area (Å²) >= 11 is 0. The maximum absolute atomic E-state index is 12.9. The Bertz CT molecular complexity index is 940. The molecule has 0 saturated carbocycles. The molecule has 0 atom stereocenters. The lowest BCUT2D eigenvalue weighted by Gasteiger charge is -2.08. The summed E-state index contributed by atoms with van der Waals surface area (Å²) in [6.45, 7) is 0. The van der Waals surface area contributed by atoms with E-state index in [0.717, 1.165) is 6.20 Å². The van der Waals surface area contributed by atoms with Crippen molar-refractivity contribution in [2.24, 2.45) is 0 Å². The fourth-order valence-electron chi connectivity index (χ4n) is 1.97. The number of benzene rings is 1. The van der Waals surface area contributed by atoms with E-state index in [-0.39, 0.29) is 22.7 Å². The predicted octanol–water partition coefficient (Wildman–Crippen LogP) is 2.93. The minimum atomic E-state index is -0.509. The third-order valence-electron chi connectivity index (χ3n) is 3.04. The maximum atomic E-state index is 12.9. The van der Waals surface area contributed by atoms with Crippen LogP contribution in [-0.4, -0.2) is 20.9 Å². The fourth-order valence-corrected chi connectivity index (χ4v) is 1.97. The van der Waals surface area contributed by atoms with Crippen LogP contribution in [0.4, 0.5) is 10.2 Å². The first-order chi connectivity index (χ1) is 12.1. The number of aromatic nitrogens is 3. The number of anilines is 1. The summed E-state index contributed by atoms with van der Waals surface area (Å²) in [7, 11) is 0. The van der Waals surface area contributed by atoms with Crippen LogP contribution < -0.4 is 10.1 Å². The number of hydrogen-bond acceptors (Lipinski definition) is 6. The molecule has 0 aliphatic carbocycles. The summed E-state index contributed by atoms with van der Waals surface area (Å²) in [6.07, 6.45) is 5.25. The summed E-state index contributed by atoms with van der Waals surface area (Å²) in [5.74, 6) is -0.182. The van der Waals surface area contributed by atoms with Crippen molar-refractivity contribution in [1.82, 2.24) is 15.0 Å². The molecule has 1 N–H and O–H groups in total. The number of halogens is 1. The van der Waals surface area contributed by atoms with Crippen LogP contribution in [0.2, 0.25) is 0 Å². The molecule has 0 spiro atoms. The highest BCUT2D eigenvalue weighted by molar-refractivity contribution is 6.04. The topological polar surface area (TPSA) is 101 Å². The summed E-state index contributed by atoms with van der Waals surface area (Å²) in [5, 5.41) is 11.7. The Hall–Kier alpha value is -3.86. The van der Waals surface area contributed by atoms with Crippen molar-refractivity contribution >= 4 is 11.7 Å². The zero-order valence-electron chi connectivity index (χ0n) is 12.7. The molecule has 0 radical (unpaired) electrons. The molecule has 0 aliphatic heterocycles. The van der Waals surface area contributed by atoms with Gasteiger partial charge in [0.1, 0.15) is 23.7 Å². The Kier molecular flexibility index (Phi) is 4.58. The lowest BCUT2D eigenvalue weighted by molar-refractivity contribution is 0.102. The number of rotatable bonds is 4. The second-order valence-corrected chi connectivity index (χ2v) is 4.85. The molecule has 7 nitrogen and oxygen atoms in total. The Labute approximate surface area is 141 Å². The van der Waals surface area contributed by atoms with E-state index in [1.54, 1.807) is 0 Å². The Morgan fingerprint density at radius 1 is 1.12 bits per heavy atom. The van der Waals surface area contributed by atoms with Crippen LogP contribution in [0, 0.1) is 17.1 Å². The zero-order chi connectivity index (χ0) is 17.6. The van der Waals surface area contributed by atoms with Crippen molar-refractivity contribution < 1.29 is 13.9 Å². The lowest BCUT2D eigenvalue weighted by atomic mass is 10.1. The first-order valence-corrected chi connectivity index (χ1v) is 7.05. The van der Waals surface area contributed by atoms with Gasteiger partial charge in [-0.05, 0) is 30.3 Å². The van der Waals surface area contributed by atoms with Crippen LogP contribution in [0.5, 0.6) is 11.5 Å². The standard InChI is InChI=1S/C17H10FN5O2/c18-13-1-2-16(22-7-13)23-17(24)12-3-11(6-19)4-14(5-12)25-15-8-20-10-21-9-15/h1-5,7-10H,(H,22,23,24). The number of hydrogen-bond donors (Lipinski definition) is 1. The van der Waals surface area contributed by atoms with Gasteiger partial charge < -0.3 is 10.1 Å². The summed E-state index contributed by atoms with van der Waals surface area (Å²) in [4.78, 5) is 23.7. The van der Waals surface area contributed by atoms with E-state index in [9.17, 15) is 9.18 Å². The van der Waals surface area contributed by atoms with Crippen LogP contribution in [0.25, 0.3) is 0 Å². The van der Waals surface area contributed by atoms with Gasteiger partial charge in [-0.2, -0.15) is 5.26 Å².